The highest BCUT2D eigenvalue weighted by molar-refractivity contribution is 6.31. The summed E-state index contributed by atoms with van der Waals surface area (Å²) in [7, 11) is 0. The number of aliphatic carboxylic acids is 1. The molecule has 0 aromatic heterocycles. The van der Waals surface area contributed by atoms with E-state index in [2.05, 4.69) is 0 Å². The minimum atomic E-state index is -1.39. The molecular weight excluding hydrogens is 192 g/mol. The van der Waals surface area contributed by atoms with Gasteiger partial charge in [0.25, 0.3) is 0 Å². The van der Waals surface area contributed by atoms with Crippen LogP contribution in [0.1, 0.15) is 5.56 Å². The van der Waals surface area contributed by atoms with Gasteiger partial charge >= 0.3 is 5.97 Å². The van der Waals surface area contributed by atoms with E-state index in [0.29, 0.717) is 10.6 Å². The summed E-state index contributed by atoms with van der Waals surface area (Å²) in [5, 5.41) is 18.0. The predicted octanol–water partition coefficient (Wildman–Crippen LogP) is 1.33. The number of hydrogen-bond acceptors (Lipinski definition) is 2. The molecule has 13 heavy (non-hydrogen) atoms. The van der Waals surface area contributed by atoms with E-state index in [4.69, 9.17) is 21.8 Å². The second kappa shape index (κ2) is 4.25. The van der Waals surface area contributed by atoms with Gasteiger partial charge in [0.2, 0.25) is 0 Å². The van der Waals surface area contributed by atoms with Crippen molar-refractivity contribution >= 4 is 17.6 Å². The van der Waals surface area contributed by atoms with E-state index in [1.54, 1.807) is 24.3 Å². The second-order valence-corrected chi connectivity index (χ2v) is 3.06. The molecule has 4 heteroatoms. The number of aliphatic hydroxyl groups excluding tert-OH is 1. The molecule has 1 aromatic rings. The number of carboxylic acids is 1. The van der Waals surface area contributed by atoms with Crippen LogP contribution in [0.15, 0.2) is 24.3 Å². The van der Waals surface area contributed by atoms with Gasteiger partial charge in [0.15, 0.2) is 6.10 Å². The lowest BCUT2D eigenvalue weighted by molar-refractivity contribution is -0.146. The Morgan fingerprint density at radius 3 is 2.62 bits per heavy atom. The average Bonchev–Trinajstić information content (AvgIpc) is 2.08. The molecule has 1 rings (SSSR count). The monoisotopic (exact) mass is 200 g/mol. The van der Waals surface area contributed by atoms with E-state index in [0.717, 1.165) is 0 Å². The van der Waals surface area contributed by atoms with E-state index >= 15 is 0 Å². The number of carbonyl (C=O) groups is 1. The van der Waals surface area contributed by atoms with E-state index in [-0.39, 0.29) is 6.42 Å². The molecule has 0 radical (unpaired) electrons. The summed E-state index contributed by atoms with van der Waals surface area (Å²) in [6, 6.07) is 6.84. The molecule has 0 aliphatic rings. The largest absolute Gasteiger partial charge is 0.479 e. The average molecular weight is 201 g/mol. The molecule has 2 N–H and O–H groups in total. The topological polar surface area (TPSA) is 57.5 Å². The zero-order chi connectivity index (χ0) is 9.84. The first-order valence-corrected chi connectivity index (χ1v) is 4.13. The molecule has 0 saturated carbocycles. The Kier molecular flexibility index (Phi) is 3.28. The Morgan fingerprint density at radius 2 is 2.08 bits per heavy atom. The van der Waals surface area contributed by atoms with Crippen LogP contribution in [0.4, 0.5) is 0 Å². The van der Waals surface area contributed by atoms with Gasteiger partial charge in [-0.2, -0.15) is 0 Å². The molecule has 1 aromatic carbocycles. The summed E-state index contributed by atoms with van der Waals surface area (Å²) >= 11 is 5.77. The van der Waals surface area contributed by atoms with E-state index in [1.807, 2.05) is 0 Å². The van der Waals surface area contributed by atoms with Gasteiger partial charge in [0.1, 0.15) is 0 Å². The van der Waals surface area contributed by atoms with Crippen LogP contribution in [0.5, 0.6) is 0 Å². The van der Waals surface area contributed by atoms with Crippen molar-refractivity contribution in [3.8, 4) is 0 Å². The van der Waals surface area contributed by atoms with Crippen molar-refractivity contribution in [2.45, 2.75) is 12.5 Å². The SMILES string of the molecule is O=C(O)[C@H](O)Cc1ccccc1Cl. The van der Waals surface area contributed by atoms with Gasteiger partial charge in [-0.15, -0.1) is 0 Å². The van der Waals surface area contributed by atoms with Crippen LogP contribution in [-0.4, -0.2) is 22.3 Å². The quantitative estimate of drug-likeness (QED) is 0.774. The molecule has 1 atom stereocenters. The van der Waals surface area contributed by atoms with Crippen molar-refractivity contribution in [1.29, 1.82) is 0 Å². The van der Waals surface area contributed by atoms with Gasteiger partial charge in [-0.3, -0.25) is 0 Å². The second-order valence-electron chi connectivity index (χ2n) is 2.65. The van der Waals surface area contributed by atoms with Crippen LogP contribution >= 0.6 is 11.6 Å². The first kappa shape index (κ1) is 10.0. The molecule has 0 amide bonds. The van der Waals surface area contributed by atoms with Crippen LogP contribution in [-0.2, 0) is 11.2 Å². The third-order valence-corrected chi connectivity index (χ3v) is 2.02. The maximum absolute atomic E-state index is 10.3. The first-order valence-electron chi connectivity index (χ1n) is 3.75. The zero-order valence-electron chi connectivity index (χ0n) is 6.77. The lowest BCUT2D eigenvalue weighted by Crippen LogP contribution is -2.22. The molecule has 0 aliphatic carbocycles. The highest BCUT2D eigenvalue weighted by Crippen LogP contribution is 2.16. The molecule has 0 spiro atoms. The summed E-state index contributed by atoms with van der Waals surface area (Å²) in [4.78, 5) is 10.3. The molecule has 0 unspecified atom stereocenters. The van der Waals surface area contributed by atoms with Crippen molar-refractivity contribution < 1.29 is 15.0 Å². The van der Waals surface area contributed by atoms with Gasteiger partial charge < -0.3 is 10.2 Å². The van der Waals surface area contributed by atoms with Crippen LogP contribution in [0.25, 0.3) is 0 Å². The summed E-state index contributed by atoms with van der Waals surface area (Å²) in [5.74, 6) is -1.24. The normalized spacial score (nSPS) is 12.5. The minimum absolute atomic E-state index is 0.0367. The number of benzene rings is 1. The van der Waals surface area contributed by atoms with Crippen LogP contribution in [0.2, 0.25) is 5.02 Å². The number of carboxylic acid groups (broad SMARTS) is 1. The van der Waals surface area contributed by atoms with Crippen molar-refractivity contribution in [2.75, 3.05) is 0 Å². The fraction of sp³-hybridized carbons (Fsp3) is 0.222. The minimum Gasteiger partial charge on any atom is -0.479 e. The molecule has 70 valence electrons. The van der Waals surface area contributed by atoms with Crippen molar-refractivity contribution in [3.05, 3.63) is 34.9 Å². The number of halogens is 1. The maximum atomic E-state index is 10.3. The van der Waals surface area contributed by atoms with Gasteiger partial charge in [0, 0.05) is 11.4 Å². The first-order chi connectivity index (χ1) is 6.11. The molecule has 3 nitrogen and oxygen atoms in total. The Bertz CT molecular complexity index is 311. The number of rotatable bonds is 3. The van der Waals surface area contributed by atoms with E-state index in [1.165, 1.54) is 0 Å². The summed E-state index contributed by atoms with van der Waals surface area (Å²) in [6.07, 6.45) is -1.35. The van der Waals surface area contributed by atoms with E-state index < -0.39 is 12.1 Å². The smallest absolute Gasteiger partial charge is 0.332 e. The Balaban J connectivity index is 2.74. The number of hydrogen-bond donors (Lipinski definition) is 2. The summed E-state index contributed by atoms with van der Waals surface area (Å²) < 4.78 is 0. The lowest BCUT2D eigenvalue weighted by atomic mass is 10.1. The fourth-order valence-electron chi connectivity index (χ4n) is 0.960. The zero-order valence-corrected chi connectivity index (χ0v) is 7.53. The molecule has 0 heterocycles. The van der Waals surface area contributed by atoms with Crippen LogP contribution in [0.3, 0.4) is 0 Å². The van der Waals surface area contributed by atoms with E-state index in [9.17, 15) is 4.79 Å². The molecule has 0 aliphatic heterocycles. The lowest BCUT2D eigenvalue weighted by Gasteiger charge is -2.06. The van der Waals surface area contributed by atoms with Crippen LogP contribution < -0.4 is 0 Å². The molecular formula is C9H9ClO3. The Labute approximate surface area is 80.6 Å². The Hall–Kier alpha value is -1.06. The highest BCUT2D eigenvalue weighted by atomic mass is 35.5. The highest BCUT2D eigenvalue weighted by Gasteiger charge is 2.14. The Morgan fingerprint density at radius 1 is 1.46 bits per heavy atom. The van der Waals surface area contributed by atoms with Crippen molar-refractivity contribution in [3.63, 3.8) is 0 Å². The maximum Gasteiger partial charge on any atom is 0.332 e. The third kappa shape index (κ3) is 2.72. The van der Waals surface area contributed by atoms with Crippen molar-refractivity contribution in [1.82, 2.24) is 0 Å². The van der Waals surface area contributed by atoms with Crippen LogP contribution in [0, 0.1) is 0 Å². The summed E-state index contributed by atoms with van der Waals surface area (Å²) in [6.45, 7) is 0. The van der Waals surface area contributed by atoms with Gasteiger partial charge in [-0.05, 0) is 11.6 Å². The summed E-state index contributed by atoms with van der Waals surface area (Å²) in [5.41, 5.74) is 0.638. The van der Waals surface area contributed by atoms with Crippen molar-refractivity contribution in [2.24, 2.45) is 0 Å². The molecule has 0 fully saturated rings. The fourth-order valence-corrected chi connectivity index (χ4v) is 1.17. The standard InChI is InChI=1S/C9H9ClO3/c10-7-4-2-1-3-6(7)5-8(11)9(12)13/h1-4,8,11H,5H2,(H,12,13)/t8-/m1/s1. The molecule has 0 saturated heterocycles. The third-order valence-electron chi connectivity index (χ3n) is 1.66. The predicted molar refractivity (Wildman–Crippen MR) is 48.8 cm³/mol. The number of aliphatic hydroxyl groups is 1. The van der Waals surface area contributed by atoms with Gasteiger partial charge in [0.05, 0.1) is 0 Å². The van der Waals surface area contributed by atoms with Gasteiger partial charge in [-0.1, -0.05) is 29.8 Å². The molecule has 0 bridgehead atoms. The van der Waals surface area contributed by atoms with Gasteiger partial charge in [-0.25, -0.2) is 4.79 Å².